The summed E-state index contributed by atoms with van der Waals surface area (Å²) in [4.78, 5) is 12.5. The molecule has 0 radical (unpaired) electrons. The minimum atomic E-state index is -0.248. The summed E-state index contributed by atoms with van der Waals surface area (Å²) in [7, 11) is 4.54. The molecule has 27 heavy (non-hydrogen) atoms. The van der Waals surface area contributed by atoms with E-state index in [0.29, 0.717) is 29.4 Å². The topological polar surface area (TPSA) is 74.6 Å². The minimum Gasteiger partial charge on any atom is -0.493 e. The van der Waals surface area contributed by atoms with Crippen LogP contribution in [-0.4, -0.2) is 37.0 Å². The quantitative estimate of drug-likeness (QED) is 0.695. The van der Waals surface area contributed by atoms with Crippen molar-refractivity contribution in [2.45, 2.75) is 6.54 Å². The third kappa shape index (κ3) is 4.03. The monoisotopic (exact) mass is 367 g/mol. The largest absolute Gasteiger partial charge is 0.493 e. The highest BCUT2D eigenvalue weighted by atomic mass is 16.5. The first-order valence-corrected chi connectivity index (χ1v) is 8.33. The van der Waals surface area contributed by atoms with Gasteiger partial charge >= 0.3 is 0 Å². The average Bonchev–Trinajstić information content (AvgIpc) is 3.20. The molecule has 1 aromatic heterocycles. The molecule has 0 aliphatic carbocycles. The Bertz CT molecular complexity index is 897. The van der Waals surface area contributed by atoms with Gasteiger partial charge in [-0.25, -0.2) is 4.68 Å². The highest BCUT2D eigenvalue weighted by Crippen LogP contribution is 2.38. The SMILES string of the molecule is COc1cc(C(=O)NCc2cnn(-c3ccccc3)c2)cc(OC)c1OC. The number of amides is 1. The molecule has 0 bridgehead atoms. The number of nitrogens with one attached hydrogen (secondary N) is 1. The van der Waals surface area contributed by atoms with E-state index in [2.05, 4.69) is 10.4 Å². The summed E-state index contributed by atoms with van der Waals surface area (Å²) >= 11 is 0. The Hall–Kier alpha value is -3.48. The molecule has 7 nitrogen and oxygen atoms in total. The molecule has 7 heteroatoms. The number of benzene rings is 2. The van der Waals surface area contributed by atoms with Crippen molar-refractivity contribution in [2.24, 2.45) is 0 Å². The maximum Gasteiger partial charge on any atom is 0.251 e. The Morgan fingerprint density at radius 1 is 1.04 bits per heavy atom. The molecular formula is C20H21N3O4. The highest BCUT2D eigenvalue weighted by Gasteiger charge is 2.17. The van der Waals surface area contributed by atoms with Crippen LogP contribution in [0.4, 0.5) is 0 Å². The van der Waals surface area contributed by atoms with Crippen LogP contribution in [0.2, 0.25) is 0 Å². The summed E-state index contributed by atoms with van der Waals surface area (Å²) in [6.07, 6.45) is 3.60. The second kappa shape index (κ2) is 8.27. The fourth-order valence-electron chi connectivity index (χ4n) is 2.67. The molecule has 2 aromatic carbocycles. The van der Waals surface area contributed by atoms with Gasteiger partial charge in [0.1, 0.15) is 0 Å². The minimum absolute atomic E-state index is 0.248. The number of carbonyl (C=O) groups is 1. The number of rotatable bonds is 7. The molecule has 0 saturated carbocycles. The lowest BCUT2D eigenvalue weighted by molar-refractivity contribution is 0.0950. The Balaban J connectivity index is 1.72. The van der Waals surface area contributed by atoms with Gasteiger partial charge in [0.25, 0.3) is 5.91 Å². The van der Waals surface area contributed by atoms with Gasteiger partial charge in [-0.3, -0.25) is 4.79 Å². The number of hydrogen-bond acceptors (Lipinski definition) is 5. The molecule has 0 spiro atoms. The second-order valence-corrected chi connectivity index (χ2v) is 5.73. The first-order chi connectivity index (χ1) is 13.2. The highest BCUT2D eigenvalue weighted by molar-refractivity contribution is 5.95. The zero-order valence-electron chi connectivity index (χ0n) is 15.4. The molecule has 0 fully saturated rings. The van der Waals surface area contributed by atoms with Gasteiger partial charge in [-0.2, -0.15) is 5.10 Å². The molecule has 3 rings (SSSR count). The van der Waals surface area contributed by atoms with Crippen molar-refractivity contribution in [3.8, 4) is 22.9 Å². The number of hydrogen-bond donors (Lipinski definition) is 1. The van der Waals surface area contributed by atoms with E-state index in [4.69, 9.17) is 14.2 Å². The lowest BCUT2D eigenvalue weighted by Crippen LogP contribution is -2.22. The molecule has 0 atom stereocenters. The van der Waals surface area contributed by atoms with E-state index in [9.17, 15) is 4.79 Å². The van der Waals surface area contributed by atoms with Crippen molar-refractivity contribution in [1.82, 2.24) is 15.1 Å². The third-order valence-corrected chi connectivity index (χ3v) is 4.04. The molecular weight excluding hydrogens is 346 g/mol. The smallest absolute Gasteiger partial charge is 0.251 e. The van der Waals surface area contributed by atoms with Crippen molar-refractivity contribution < 1.29 is 19.0 Å². The zero-order valence-corrected chi connectivity index (χ0v) is 15.4. The van der Waals surface area contributed by atoms with Crippen LogP contribution in [-0.2, 0) is 6.54 Å². The summed E-state index contributed by atoms with van der Waals surface area (Å²) in [5, 5.41) is 7.20. The van der Waals surface area contributed by atoms with Gasteiger partial charge in [-0.05, 0) is 24.3 Å². The molecule has 3 aromatic rings. The van der Waals surface area contributed by atoms with Gasteiger partial charge < -0.3 is 19.5 Å². The first kappa shape index (κ1) is 18.3. The molecule has 0 saturated heterocycles. The predicted molar refractivity (Wildman–Crippen MR) is 101 cm³/mol. The Kier molecular flexibility index (Phi) is 5.61. The van der Waals surface area contributed by atoms with E-state index in [0.717, 1.165) is 11.3 Å². The van der Waals surface area contributed by atoms with E-state index in [1.54, 1.807) is 23.0 Å². The number of carbonyl (C=O) groups excluding carboxylic acids is 1. The normalized spacial score (nSPS) is 10.3. The van der Waals surface area contributed by atoms with E-state index in [1.807, 2.05) is 36.5 Å². The van der Waals surface area contributed by atoms with Crippen LogP contribution < -0.4 is 19.5 Å². The number of nitrogens with zero attached hydrogens (tertiary/aromatic N) is 2. The van der Waals surface area contributed by atoms with Crippen molar-refractivity contribution in [1.29, 1.82) is 0 Å². The van der Waals surface area contributed by atoms with Gasteiger partial charge in [-0.1, -0.05) is 18.2 Å². The van der Waals surface area contributed by atoms with Crippen molar-refractivity contribution in [3.05, 3.63) is 66.0 Å². The molecule has 1 heterocycles. The molecule has 0 aliphatic heterocycles. The Labute approximate surface area is 157 Å². The zero-order chi connectivity index (χ0) is 19.2. The summed E-state index contributed by atoms with van der Waals surface area (Å²) in [5.41, 5.74) is 2.26. The number of methoxy groups -OCH3 is 3. The number of aromatic nitrogens is 2. The standard InChI is InChI=1S/C20H21N3O4/c1-25-17-9-15(10-18(26-2)19(17)27-3)20(24)21-11-14-12-22-23(13-14)16-7-5-4-6-8-16/h4-10,12-13H,11H2,1-3H3,(H,21,24). The van der Waals surface area contributed by atoms with Gasteiger partial charge in [0.05, 0.1) is 33.2 Å². The van der Waals surface area contributed by atoms with Crippen LogP contribution in [0.5, 0.6) is 17.2 Å². The maximum absolute atomic E-state index is 12.5. The van der Waals surface area contributed by atoms with Crippen LogP contribution in [0, 0.1) is 0 Å². The van der Waals surface area contributed by atoms with E-state index in [-0.39, 0.29) is 5.91 Å². The van der Waals surface area contributed by atoms with Crippen molar-refractivity contribution in [3.63, 3.8) is 0 Å². The summed E-state index contributed by atoms with van der Waals surface area (Å²) in [6, 6.07) is 13.0. The van der Waals surface area contributed by atoms with Crippen molar-refractivity contribution >= 4 is 5.91 Å². The van der Waals surface area contributed by atoms with Gasteiger partial charge in [0, 0.05) is 23.9 Å². The molecule has 1 N–H and O–H groups in total. The van der Waals surface area contributed by atoms with E-state index >= 15 is 0 Å². The lowest BCUT2D eigenvalue weighted by atomic mass is 10.1. The van der Waals surface area contributed by atoms with Crippen LogP contribution >= 0.6 is 0 Å². The van der Waals surface area contributed by atoms with E-state index < -0.39 is 0 Å². The predicted octanol–water partition coefficient (Wildman–Crippen LogP) is 2.83. The first-order valence-electron chi connectivity index (χ1n) is 8.33. The summed E-state index contributed by atoms with van der Waals surface area (Å²) in [6.45, 7) is 0.350. The summed E-state index contributed by atoms with van der Waals surface area (Å²) < 4.78 is 17.6. The lowest BCUT2D eigenvalue weighted by Gasteiger charge is -2.14. The van der Waals surface area contributed by atoms with Gasteiger partial charge in [0.2, 0.25) is 5.75 Å². The molecule has 1 amide bonds. The van der Waals surface area contributed by atoms with Gasteiger partial charge in [0.15, 0.2) is 11.5 Å². The molecule has 140 valence electrons. The van der Waals surface area contributed by atoms with E-state index in [1.165, 1.54) is 21.3 Å². The average molecular weight is 367 g/mol. The number of para-hydroxylation sites is 1. The van der Waals surface area contributed by atoms with Crippen molar-refractivity contribution in [2.75, 3.05) is 21.3 Å². The van der Waals surface area contributed by atoms with Crippen LogP contribution in [0.3, 0.4) is 0 Å². The van der Waals surface area contributed by atoms with Crippen LogP contribution in [0.25, 0.3) is 5.69 Å². The fraction of sp³-hybridized carbons (Fsp3) is 0.200. The third-order valence-electron chi connectivity index (χ3n) is 4.04. The summed E-state index contributed by atoms with van der Waals surface area (Å²) in [5.74, 6) is 1.06. The Morgan fingerprint density at radius 3 is 2.30 bits per heavy atom. The maximum atomic E-state index is 12.5. The van der Waals surface area contributed by atoms with Crippen LogP contribution in [0.15, 0.2) is 54.9 Å². The molecule has 0 unspecified atom stereocenters. The van der Waals surface area contributed by atoms with Crippen LogP contribution in [0.1, 0.15) is 15.9 Å². The number of ether oxygens (including phenoxy) is 3. The van der Waals surface area contributed by atoms with Gasteiger partial charge in [-0.15, -0.1) is 0 Å². The fourth-order valence-corrected chi connectivity index (χ4v) is 2.67. The molecule has 0 aliphatic rings. The Morgan fingerprint density at radius 2 is 1.70 bits per heavy atom. The second-order valence-electron chi connectivity index (χ2n) is 5.73.